The van der Waals surface area contributed by atoms with Crippen LogP contribution in [0.3, 0.4) is 0 Å². The molecule has 0 aromatic carbocycles. The molecule has 1 aromatic rings. The molecule has 22 heavy (non-hydrogen) atoms. The lowest BCUT2D eigenvalue weighted by atomic mass is 10.00. The van der Waals surface area contributed by atoms with Gasteiger partial charge in [-0.15, -0.1) is 24.8 Å². The number of aromatic nitrogens is 2. The van der Waals surface area contributed by atoms with Crippen LogP contribution < -0.4 is 10.6 Å². The molecule has 1 fully saturated rings. The van der Waals surface area contributed by atoms with Crippen molar-refractivity contribution in [3.8, 4) is 0 Å². The van der Waals surface area contributed by atoms with Gasteiger partial charge in [0.1, 0.15) is 0 Å². The molecule has 1 aliphatic rings. The summed E-state index contributed by atoms with van der Waals surface area (Å²) in [6.07, 6.45) is 5.02. The number of hydrogen-bond donors (Lipinski definition) is 3. The SMILES string of the molecule is Cc1n[nH]c(C)c1CCCNC(=O)C1CCCNCC1.Cl.Cl. The van der Waals surface area contributed by atoms with Crippen molar-refractivity contribution in [2.24, 2.45) is 5.92 Å². The van der Waals surface area contributed by atoms with E-state index >= 15 is 0 Å². The highest BCUT2D eigenvalue weighted by Gasteiger charge is 2.19. The molecule has 1 saturated heterocycles. The van der Waals surface area contributed by atoms with Crippen LogP contribution in [0.15, 0.2) is 0 Å². The van der Waals surface area contributed by atoms with Crippen LogP contribution >= 0.6 is 24.8 Å². The molecule has 5 nitrogen and oxygen atoms in total. The predicted molar refractivity (Wildman–Crippen MR) is 94.1 cm³/mol. The number of aromatic amines is 1. The number of carbonyl (C=O) groups excluding carboxylic acids is 1. The predicted octanol–water partition coefficient (Wildman–Crippen LogP) is 2.31. The second kappa shape index (κ2) is 10.9. The van der Waals surface area contributed by atoms with Gasteiger partial charge in [0, 0.05) is 18.2 Å². The van der Waals surface area contributed by atoms with Gasteiger partial charge < -0.3 is 10.6 Å². The molecule has 1 atom stereocenters. The highest BCUT2D eigenvalue weighted by molar-refractivity contribution is 5.85. The minimum absolute atomic E-state index is 0. The number of H-pyrrole nitrogens is 1. The Balaban J connectivity index is 0.00000220. The van der Waals surface area contributed by atoms with Gasteiger partial charge in [-0.05, 0) is 64.6 Å². The summed E-state index contributed by atoms with van der Waals surface area (Å²) in [7, 11) is 0. The summed E-state index contributed by atoms with van der Waals surface area (Å²) in [6.45, 7) is 6.84. The maximum absolute atomic E-state index is 12.1. The van der Waals surface area contributed by atoms with Crippen LogP contribution in [0.25, 0.3) is 0 Å². The molecule has 128 valence electrons. The van der Waals surface area contributed by atoms with E-state index in [0.29, 0.717) is 0 Å². The van der Waals surface area contributed by atoms with Gasteiger partial charge in [0.25, 0.3) is 0 Å². The number of amides is 1. The van der Waals surface area contributed by atoms with E-state index in [2.05, 4.69) is 20.8 Å². The van der Waals surface area contributed by atoms with Crippen LogP contribution in [0.5, 0.6) is 0 Å². The highest BCUT2D eigenvalue weighted by Crippen LogP contribution is 2.14. The second-order valence-corrected chi connectivity index (χ2v) is 5.68. The number of nitrogens with zero attached hydrogens (tertiary/aromatic N) is 1. The number of rotatable bonds is 5. The normalized spacial score (nSPS) is 17.8. The fourth-order valence-corrected chi connectivity index (χ4v) is 2.84. The number of hydrogen-bond acceptors (Lipinski definition) is 3. The molecule has 0 radical (unpaired) electrons. The van der Waals surface area contributed by atoms with Crippen LogP contribution in [0.4, 0.5) is 0 Å². The minimum Gasteiger partial charge on any atom is -0.356 e. The van der Waals surface area contributed by atoms with Gasteiger partial charge in [-0.1, -0.05) is 0 Å². The van der Waals surface area contributed by atoms with Crippen molar-refractivity contribution < 1.29 is 4.79 Å². The van der Waals surface area contributed by atoms with E-state index in [4.69, 9.17) is 0 Å². The fourth-order valence-electron chi connectivity index (χ4n) is 2.84. The summed E-state index contributed by atoms with van der Waals surface area (Å²) in [4.78, 5) is 12.1. The number of carbonyl (C=O) groups is 1. The van der Waals surface area contributed by atoms with Crippen molar-refractivity contribution in [1.29, 1.82) is 0 Å². The minimum atomic E-state index is 0. The van der Waals surface area contributed by atoms with Crippen molar-refractivity contribution in [3.05, 3.63) is 17.0 Å². The number of halogens is 2. The Hall–Kier alpha value is -0.780. The molecule has 1 aliphatic heterocycles. The van der Waals surface area contributed by atoms with Gasteiger partial charge in [-0.3, -0.25) is 9.89 Å². The zero-order valence-electron chi connectivity index (χ0n) is 13.4. The lowest BCUT2D eigenvalue weighted by Crippen LogP contribution is -2.32. The summed E-state index contributed by atoms with van der Waals surface area (Å²) in [5.41, 5.74) is 3.50. The van der Waals surface area contributed by atoms with Gasteiger partial charge in [-0.2, -0.15) is 5.10 Å². The monoisotopic (exact) mass is 350 g/mol. The maximum atomic E-state index is 12.1. The van der Waals surface area contributed by atoms with Crippen molar-refractivity contribution in [2.75, 3.05) is 19.6 Å². The van der Waals surface area contributed by atoms with Crippen molar-refractivity contribution in [1.82, 2.24) is 20.8 Å². The second-order valence-electron chi connectivity index (χ2n) is 5.68. The molecule has 2 rings (SSSR count). The Kier molecular flexibility index (Phi) is 10.5. The number of nitrogens with one attached hydrogen (secondary N) is 3. The third kappa shape index (κ3) is 6.15. The summed E-state index contributed by atoms with van der Waals surface area (Å²) in [5.74, 6) is 0.428. The molecule has 1 aromatic heterocycles. The van der Waals surface area contributed by atoms with E-state index in [1.54, 1.807) is 0 Å². The van der Waals surface area contributed by atoms with Crippen LogP contribution in [0.2, 0.25) is 0 Å². The highest BCUT2D eigenvalue weighted by atomic mass is 35.5. The van der Waals surface area contributed by atoms with Gasteiger partial charge >= 0.3 is 0 Å². The summed E-state index contributed by atoms with van der Waals surface area (Å²) < 4.78 is 0. The van der Waals surface area contributed by atoms with Crippen molar-refractivity contribution in [2.45, 2.75) is 46.0 Å². The van der Waals surface area contributed by atoms with Crippen LogP contribution in [-0.2, 0) is 11.2 Å². The molecule has 3 N–H and O–H groups in total. The first kappa shape index (κ1) is 21.2. The Morgan fingerprint density at radius 3 is 2.73 bits per heavy atom. The van der Waals surface area contributed by atoms with Crippen molar-refractivity contribution >= 4 is 30.7 Å². The summed E-state index contributed by atoms with van der Waals surface area (Å²) in [5, 5.41) is 13.6. The van der Waals surface area contributed by atoms with E-state index < -0.39 is 0 Å². The Bertz CT molecular complexity index is 423. The zero-order chi connectivity index (χ0) is 14.4. The van der Waals surface area contributed by atoms with E-state index in [0.717, 1.165) is 63.1 Å². The topological polar surface area (TPSA) is 69.8 Å². The smallest absolute Gasteiger partial charge is 0.223 e. The standard InChI is InChI=1S/C15H26N4O.2ClH/c1-11-14(12(2)19-18-11)6-4-9-17-15(20)13-5-3-8-16-10-7-13;;/h13,16H,3-10H2,1-2H3,(H,17,20)(H,18,19);2*1H. The van der Waals surface area contributed by atoms with Gasteiger partial charge in [-0.25, -0.2) is 0 Å². The van der Waals surface area contributed by atoms with E-state index in [9.17, 15) is 4.79 Å². The van der Waals surface area contributed by atoms with E-state index in [-0.39, 0.29) is 36.6 Å². The third-order valence-electron chi connectivity index (χ3n) is 4.13. The maximum Gasteiger partial charge on any atom is 0.223 e. The summed E-state index contributed by atoms with van der Waals surface area (Å²) in [6, 6.07) is 0. The first-order chi connectivity index (χ1) is 9.68. The molecule has 7 heteroatoms. The molecule has 0 spiro atoms. The molecular formula is C15H28Cl2N4O. The fraction of sp³-hybridized carbons (Fsp3) is 0.733. The van der Waals surface area contributed by atoms with Gasteiger partial charge in [0.2, 0.25) is 5.91 Å². The molecule has 1 unspecified atom stereocenters. The summed E-state index contributed by atoms with van der Waals surface area (Å²) >= 11 is 0. The lowest BCUT2D eigenvalue weighted by Gasteiger charge is -2.13. The quantitative estimate of drug-likeness (QED) is 0.713. The van der Waals surface area contributed by atoms with E-state index in [1.165, 1.54) is 5.56 Å². The Morgan fingerprint density at radius 1 is 1.27 bits per heavy atom. The average molecular weight is 351 g/mol. The van der Waals surface area contributed by atoms with Crippen LogP contribution in [0, 0.1) is 19.8 Å². The molecule has 0 saturated carbocycles. The third-order valence-corrected chi connectivity index (χ3v) is 4.13. The van der Waals surface area contributed by atoms with Crippen LogP contribution in [0.1, 0.15) is 42.6 Å². The first-order valence-corrected chi connectivity index (χ1v) is 7.67. The van der Waals surface area contributed by atoms with Crippen LogP contribution in [-0.4, -0.2) is 35.7 Å². The van der Waals surface area contributed by atoms with Crippen molar-refractivity contribution in [3.63, 3.8) is 0 Å². The molecule has 0 aliphatic carbocycles. The lowest BCUT2D eigenvalue weighted by molar-refractivity contribution is -0.125. The van der Waals surface area contributed by atoms with Gasteiger partial charge in [0.15, 0.2) is 0 Å². The molecule has 1 amide bonds. The average Bonchev–Trinajstić information content (AvgIpc) is 2.67. The van der Waals surface area contributed by atoms with E-state index in [1.807, 2.05) is 13.8 Å². The first-order valence-electron chi connectivity index (χ1n) is 7.67. The number of aryl methyl sites for hydroxylation is 2. The Labute approximate surface area is 145 Å². The van der Waals surface area contributed by atoms with Gasteiger partial charge in [0.05, 0.1) is 5.69 Å². The molecule has 2 heterocycles. The largest absolute Gasteiger partial charge is 0.356 e. The Morgan fingerprint density at radius 2 is 2.05 bits per heavy atom. The zero-order valence-corrected chi connectivity index (χ0v) is 15.0. The molecular weight excluding hydrogens is 323 g/mol. The molecule has 0 bridgehead atoms.